The highest BCUT2D eigenvalue weighted by Gasteiger charge is 2.32. The van der Waals surface area contributed by atoms with Crippen LogP contribution in [0.1, 0.15) is 16.7 Å². The minimum absolute atomic E-state index is 0.119. The Kier molecular flexibility index (Phi) is 5.55. The molecule has 2 rings (SSSR count). The highest BCUT2D eigenvalue weighted by atomic mass is 35.5. The lowest BCUT2D eigenvalue weighted by Gasteiger charge is -2.19. The molecule has 0 radical (unpaired) electrons. The summed E-state index contributed by atoms with van der Waals surface area (Å²) in [6, 6.07) is 11.1. The first-order chi connectivity index (χ1) is 10.8. The Balaban J connectivity index is 2.13. The Morgan fingerprint density at radius 1 is 1.00 bits per heavy atom. The van der Waals surface area contributed by atoms with Gasteiger partial charge < -0.3 is 10.2 Å². The van der Waals surface area contributed by atoms with Gasteiger partial charge in [-0.3, -0.25) is 0 Å². The smallest absolute Gasteiger partial charge is 0.377 e. The molecule has 0 saturated heterocycles. The molecule has 2 nitrogen and oxygen atoms in total. The molecule has 0 aliphatic carbocycles. The van der Waals surface area contributed by atoms with Crippen molar-refractivity contribution in [3.05, 3.63) is 64.2 Å². The number of rotatable bonds is 5. The Morgan fingerprint density at radius 2 is 1.70 bits per heavy atom. The van der Waals surface area contributed by atoms with Crippen molar-refractivity contribution < 1.29 is 13.2 Å². The molecule has 2 aromatic rings. The van der Waals surface area contributed by atoms with Crippen LogP contribution in [0.15, 0.2) is 42.5 Å². The summed E-state index contributed by atoms with van der Waals surface area (Å²) in [5.74, 6) is 0. The number of anilines is 1. The summed E-state index contributed by atoms with van der Waals surface area (Å²) in [6.07, 6.45) is -4.35. The van der Waals surface area contributed by atoms with E-state index >= 15 is 0 Å². The van der Waals surface area contributed by atoms with Crippen molar-refractivity contribution >= 4 is 17.3 Å². The van der Waals surface area contributed by atoms with Gasteiger partial charge in [-0.25, -0.2) is 0 Å². The third-order valence-corrected chi connectivity index (χ3v) is 3.87. The summed E-state index contributed by atoms with van der Waals surface area (Å²) in [4.78, 5) is 1.92. The van der Waals surface area contributed by atoms with Gasteiger partial charge in [0, 0.05) is 43.5 Å². The minimum Gasteiger partial charge on any atom is -0.377 e. The lowest BCUT2D eigenvalue weighted by molar-refractivity contribution is -0.138. The molecule has 2 aromatic carbocycles. The van der Waals surface area contributed by atoms with Crippen molar-refractivity contribution in [2.75, 3.05) is 19.0 Å². The summed E-state index contributed by atoms with van der Waals surface area (Å²) in [7, 11) is 3.79. The molecule has 0 aromatic heterocycles. The molecule has 0 amide bonds. The average molecular weight is 343 g/mol. The Hall–Kier alpha value is -1.72. The predicted molar refractivity (Wildman–Crippen MR) is 87.8 cm³/mol. The third kappa shape index (κ3) is 4.39. The van der Waals surface area contributed by atoms with Gasteiger partial charge in [0.15, 0.2) is 0 Å². The van der Waals surface area contributed by atoms with Gasteiger partial charge in [0.2, 0.25) is 0 Å². The van der Waals surface area contributed by atoms with Gasteiger partial charge in [0.1, 0.15) is 0 Å². The number of hydrogen-bond acceptors (Lipinski definition) is 2. The van der Waals surface area contributed by atoms with E-state index in [0.717, 1.165) is 17.3 Å². The highest BCUT2D eigenvalue weighted by Crippen LogP contribution is 2.32. The molecule has 0 aliphatic rings. The summed E-state index contributed by atoms with van der Waals surface area (Å²) in [5.41, 5.74) is 1.41. The van der Waals surface area contributed by atoms with Crippen molar-refractivity contribution in [3.8, 4) is 0 Å². The molecule has 0 unspecified atom stereocenters. The van der Waals surface area contributed by atoms with E-state index in [9.17, 15) is 13.2 Å². The second kappa shape index (κ2) is 7.23. The van der Waals surface area contributed by atoms with Gasteiger partial charge in [-0.1, -0.05) is 35.9 Å². The molecule has 0 saturated carbocycles. The molecule has 0 fully saturated rings. The predicted octanol–water partition coefficient (Wildman–Crippen LogP) is 4.71. The van der Waals surface area contributed by atoms with Crippen molar-refractivity contribution in [2.45, 2.75) is 19.3 Å². The van der Waals surface area contributed by atoms with Crippen LogP contribution in [0.3, 0.4) is 0 Å². The Morgan fingerprint density at radius 3 is 2.35 bits per heavy atom. The lowest BCUT2D eigenvalue weighted by atomic mass is 10.1. The molecule has 0 atom stereocenters. The fourth-order valence-electron chi connectivity index (χ4n) is 2.41. The zero-order valence-corrected chi connectivity index (χ0v) is 13.7. The molecule has 6 heteroatoms. The van der Waals surface area contributed by atoms with Crippen LogP contribution in [-0.4, -0.2) is 14.1 Å². The quantitative estimate of drug-likeness (QED) is 0.846. The summed E-state index contributed by atoms with van der Waals surface area (Å²) >= 11 is 6.21. The normalized spacial score (nSPS) is 11.6. The molecule has 0 bridgehead atoms. The number of halogens is 4. The van der Waals surface area contributed by atoms with E-state index in [0.29, 0.717) is 11.6 Å². The molecule has 0 spiro atoms. The van der Waals surface area contributed by atoms with Gasteiger partial charge in [0.05, 0.1) is 5.56 Å². The van der Waals surface area contributed by atoms with Crippen LogP contribution in [0.5, 0.6) is 0 Å². The molecule has 23 heavy (non-hydrogen) atoms. The topological polar surface area (TPSA) is 15.3 Å². The molecular formula is C17H18ClF3N2. The first-order valence-electron chi connectivity index (χ1n) is 7.11. The van der Waals surface area contributed by atoms with E-state index in [1.54, 1.807) is 12.1 Å². The molecular weight excluding hydrogens is 325 g/mol. The van der Waals surface area contributed by atoms with E-state index < -0.39 is 11.7 Å². The second-order valence-corrected chi connectivity index (χ2v) is 5.80. The van der Waals surface area contributed by atoms with E-state index in [4.69, 9.17) is 11.6 Å². The number of alkyl halides is 3. The van der Waals surface area contributed by atoms with Crippen LogP contribution in [0.4, 0.5) is 18.9 Å². The molecule has 0 aliphatic heterocycles. The number of hydrogen-bond donors (Lipinski definition) is 1. The summed E-state index contributed by atoms with van der Waals surface area (Å²) in [6.45, 7) is 0.507. The molecule has 124 valence electrons. The van der Waals surface area contributed by atoms with Crippen LogP contribution >= 0.6 is 11.6 Å². The highest BCUT2D eigenvalue weighted by molar-refractivity contribution is 6.31. The van der Waals surface area contributed by atoms with Crippen molar-refractivity contribution in [3.63, 3.8) is 0 Å². The third-order valence-electron chi connectivity index (χ3n) is 3.52. The minimum atomic E-state index is -4.35. The van der Waals surface area contributed by atoms with Crippen LogP contribution in [0, 0.1) is 0 Å². The second-order valence-electron chi connectivity index (χ2n) is 5.39. The van der Waals surface area contributed by atoms with Crippen LogP contribution < -0.4 is 10.2 Å². The zero-order valence-electron chi connectivity index (χ0n) is 12.9. The van der Waals surface area contributed by atoms with E-state index in [2.05, 4.69) is 5.32 Å². The van der Waals surface area contributed by atoms with Gasteiger partial charge >= 0.3 is 6.18 Å². The van der Waals surface area contributed by atoms with Gasteiger partial charge in [-0.05, 0) is 23.8 Å². The van der Waals surface area contributed by atoms with Gasteiger partial charge in [-0.2, -0.15) is 13.2 Å². The van der Waals surface area contributed by atoms with Crippen molar-refractivity contribution in [1.82, 2.24) is 5.32 Å². The van der Waals surface area contributed by atoms with Crippen molar-refractivity contribution in [2.24, 2.45) is 0 Å². The van der Waals surface area contributed by atoms with Gasteiger partial charge in [-0.15, -0.1) is 0 Å². The summed E-state index contributed by atoms with van der Waals surface area (Å²) in [5, 5.41) is 3.65. The fourth-order valence-corrected chi connectivity index (χ4v) is 2.65. The largest absolute Gasteiger partial charge is 0.416 e. The SMILES string of the molecule is CN(C)c1cccc(Cl)c1CNCc1ccccc1C(F)(F)F. The van der Waals surface area contributed by atoms with Crippen LogP contribution in [0.25, 0.3) is 0 Å². The first-order valence-corrected chi connectivity index (χ1v) is 7.49. The van der Waals surface area contributed by atoms with E-state index in [-0.39, 0.29) is 12.1 Å². The number of nitrogens with one attached hydrogen (secondary N) is 1. The Bertz CT molecular complexity index is 669. The Labute approximate surface area is 138 Å². The lowest BCUT2D eigenvalue weighted by Crippen LogP contribution is -2.19. The average Bonchev–Trinajstić information content (AvgIpc) is 2.48. The van der Waals surface area contributed by atoms with Crippen molar-refractivity contribution in [1.29, 1.82) is 0 Å². The van der Waals surface area contributed by atoms with E-state index in [1.807, 2.05) is 31.1 Å². The standard InChI is InChI=1S/C17H18ClF3N2/c1-23(2)16-9-5-8-15(18)13(16)11-22-10-12-6-3-4-7-14(12)17(19,20)21/h3-9,22H,10-11H2,1-2H3. The zero-order chi connectivity index (χ0) is 17.0. The first kappa shape index (κ1) is 17.6. The monoisotopic (exact) mass is 342 g/mol. The fraction of sp³-hybridized carbons (Fsp3) is 0.294. The van der Waals surface area contributed by atoms with Crippen LogP contribution in [-0.2, 0) is 19.3 Å². The summed E-state index contributed by atoms with van der Waals surface area (Å²) < 4.78 is 38.9. The van der Waals surface area contributed by atoms with Crippen LogP contribution in [0.2, 0.25) is 5.02 Å². The maximum Gasteiger partial charge on any atom is 0.416 e. The van der Waals surface area contributed by atoms with E-state index in [1.165, 1.54) is 12.1 Å². The number of nitrogens with zero attached hydrogens (tertiary/aromatic N) is 1. The number of benzene rings is 2. The van der Waals surface area contributed by atoms with Gasteiger partial charge in [0.25, 0.3) is 0 Å². The maximum atomic E-state index is 13.0. The maximum absolute atomic E-state index is 13.0. The molecule has 1 N–H and O–H groups in total. The molecule has 0 heterocycles.